The Morgan fingerprint density at radius 3 is 2.14 bits per heavy atom. The molecule has 120 valence electrons. The number of carbonyl (C=O) groups is 3. The molecule has 22 heavy (non-hydrogen) atoms. The van der Waals surface area contributed by atoms with Gasteiger partial charge < -0.3 is 10.4 Å². The van der Waals surface area contributed by atoms with E-state index in [1.54, 1.807) is 26.0 Å². The van der Waals surface area contributed by atoms with Crippen LogP contribution in [-0.4, -0.2) is 28.8 Å². The van der Waals surface area contributed by atoms with Gasteiger partial charge in [0, 0.05) is 18.4 Å². The molecule has 0 aliphatic carbocycles. The maximum absolute atomic E-state index is 12.0. The number of amides is 1. The molecule has 0 saturated heterocycles. The van der Waals surface area contributed by atoms with Crippen LogP contribution in [0, 0.1) is 5.92 Å². The zero-order valence-corrected chi connectivity index (χ0v) is 13.3. The molecule has 0 spiro atoms. The van der Waals surface area contributed by atoms with Crippen molar-refractivity contribution in [2.45, 2.75) is 46.1 Å². The SMILES string of the molecule is CCc1ccc(C(=O)CCC(=O)NC(C(=O)O)C(C)C)cc1. The zero-order valence-electron chi connectivity index (χ0n) is 13.3. The molecule has 0 aliphatic heterocycles. The summed E-state index contributed by atoms with van der Waals surface area (Å²) >= 11 is 0. The van der Waals surface area contributed by atoms with Crippen LogP contribution in [-0.2, 0) is 16.0 Å². The van der Waals surface area contributed by atoms with Crippen LogP contribution in [0.1, 0.15) is 49.5 Å². The molecule has 1 atom stereocenters. The molecule has 5 nitrogen and oxygen atoms in total. The number of hydrogen-bond acceptors (Lipinski definition) is 3. The first kappa shape index (κ1) is 17.9. The van der Waals surface area contributed by atoms with Crippen LogP contribution in [0.4, 0.5) is 0 Å². The molecule has 0 saturated carbocycles. The fourth-order valence-corrected chi connectivity index (χ4v) is 2.06. The third-order valence-corrected chi connectivity index (χ3v) is 3.51. The van der Waals surface area contributed by atoms with E-state index in [0.29, 0.717) is 5.56 Å². The van der Waals surface area contributed by atoms with E-state index in [1.807, 2.05) is 19.1 Å². The molecule has 1 amide bonds. The van der Waals surface area contributed by atoms with E-state index < -0.39 is 17.9 Å². The number of carboxylic acid groups (broad SMARTS) is 1. The van der Waals surface area contributed by atoms with E-state index in [1.165, 1.54) is 0 Å². The number of aryl methyl sites for hydroxylation is 1. The molecule has 5 heteroatoms. The Bertz CT molecular complexity index is 534. The lowest BCUT2D eigenvalue weighted by atomic mass is 10.0. The molecule has 0 aliphatic rings. The van der Waals surface area contributed by atoms with Crippen LogP contribution < -0.4 is 5.32 Å². The number of ketones is 1. The standard InChI is InChI=1S/C17H23NO4/c1-4-12-5-7-13(8-6-12)14(19)9-10-15(20)18-16(11(2)3)17(21)22/h5-8,11,16H,4,9-10H2,1-3H3,(H,18,20)(H,21,22). The maximum atomic E-state index is 12.0. The van der Waals surface area contributed by atoms with Gasteiger partial charge in [-0.15, -0.1) is 0 Å². The summed E-state index contributed by atoms with van der Waals surface area (Å²) in [4.78, 5) is 34.8. The van der Waals surface area contributed by atoms with E-state index >= 15 is 0 Å². The Balaban J connectivity index is 2.52. The quantitative estimate of drug-likeness (QED) is 0.723. The predicted molar refractivity (Wildman–Crippen MR) is 83.8 cm³/mol. The van der Waals surface area contributed by atoms with Crippen LogP contribution in [0.3, 0.4) is 0 Å². The lowest BCUT2D eigenvalue weighted by Crippen LogP contribution is -2.44. The molecule has 0 fully saturated rings. The average molecular weight is 305 g/mol. The number of carboxylic acids is 1. The van der Waals surface area contributed by atoms with E-state index in [-0.39, 0.29) is 24.5 Å². The van der Waals surface area contributed by atoms with Crippen molar-refractivity contribution in [3.05, 3.63) is 35.4 Å². The van der Waals surface area contributed by atoms with Crippen molar-refractivity contribution in [3.8, 4) is 0 Å². The van der Waals surface area contributed by atoms with Gasteiger partial charge in [-0.25, -0.2) is 4.79 Å². The van der Waals surface area contributed by atoms with Crippen molar-refractivity contribution in [3.63, 3.8) is 0 Å². The van der Waals surface area contributed by atoms with Gasteiger partial charge in [0.05, 0.1) is 0 Å². The normalized spacial score (nSPS) is 12.0. The molecule has 0 heterocycles. The smallest absolute Gasteiger partial charge is 0.326 e. The Morgan fingerprint density at radius 2 is 1.68 bits per heavy atom. The molecule has 0 radical (unpaired) electrons. The molecular weight excluding hydrogens is 282 g/mol. The Morgan fingerprint density at radius 1 is 1.09 bits per heavy atom. The summed E-state index contributed by atoms with van der Waals surface area (Å²) in [5, 5.41) is 11.5. The first-order chi connectivity index (χ1) is 10.3. The number of aliphatic carboxylic acids is 1. The van der Waals surface area contributed by atoms with Gasteiger partial charge in [0.25, 0.3) is 0 Å². The van der Waals surface area contributed by atoms with Crippen molar-refractivity contribution < 1.29 is 19.5 Å². The number of benzene rings is 1. The number of nitrogens with one attached hydrogen (secondary N) is 1. The fourth-order valence-electron chi connectivity index (χ4n) is 2.06. The number of Topliss-reactive ketones (excluding diaryl/α,β-unsaturated/α-hetero) is 1. The molecule has 0 aromatic heterocycles. The Labute approximate surface area is 130 Å². The van der Waals surface area contributed by atoms with Crippen LogP contribution in [0.2, 0.25) is 0 Å². The van der Waals surface area contributed by atoms with Crippen molar-refractivity contribution in [2.75, 3.05) is 0 Å². The van der Waals surface area contributed by atoms with Crippen molar-refractivity contribution in [1.82, 2.24) is 5.32 Å². The van der Waals surface area contributed by atoms with Gasteiger partial charge in [0.1, 0.15) is 6.04 Å². The minimum atomic E-state index is -1.06. The van der Waals surface area contributed by atoms with Gasteiger partial charge >= 0.3 is 5.97 Å². The number of rotatable bonds is 8. The Kier molecular flexibility index (Phi) is 6.76. The van der Waals surface area contributed by atoms with Crippen LogP contribution >= 0.6 is 0 Å². The lowest BCUT2D eigenvalue weighted by molar-refractivity contribution is -0.143. The summed E-state index contributed by atoms with van der Waals surface area (Å²) in [5.74, 6) is -1.81. The van der Waals surface area contributed by atoms with Crippen LogP contribution in [0.15, 0.2) is 24.3 Å². The molecule has 0 bridgehead atoms. The molecule has 1 unspecified atom stereocenters. The second-order valence-corrected chi connectivity index (χ2v) is 5.60. The summed E-state index contributed by atoms with van der Waals surface area (Å²) in [6.45, 7) is 5.48. The minimum Gasteiger partial charge on any atom is -0.480 e. The summed E-state index contributed by atoms with van der Waals surface area (Å²) in [5.41, 5.74) is 1.72. The maximum Gasteiger partial charge on any atom is 0.326 e. The van der Waals surface area contributed by atoms with Gasteiger partial charge in [0.2, 0.25) is 5.91 Å². The minimum absolute atomic E-state index is 0.00906. The average Bonchev–Trinajstić information content (AvgIpc) is 2.49. The second kappa shape index (κ2) is 8.32. The summed E-state index contributed by atoms with van der Waals surface area (Å²) in [6.07, 6.45) is 0.968. The highest BCUT2D eigenvalue weighted by Gasteiger charge is 2.23. The van der Waals surface area contributed by atoms with Crippen molar-refractivity contribution >= 4 is 17.7 Å². The summed E-state index contributed by atoms with van der Waals surface area (Å²) in [7, 11) is 0. The second-order valence-electron chi connectivity index (χ2n) is 5.60. The topological polar surface area (TPSA) is 83.5 Å². The zero-order chi connectivity index (χ0) is 16.7. The molecular formula is C17H23NO4. The van der Waals surface area contributed by atoms with Crippen LogP contribution in [0.25, 0.3) is 0 Å². The van der Waals surface area contributed by atoms with Crippen molar-refractivity contribution in [1.29, 1.82) is 0 Å². The monoisotopic (exact) mass is 305 g/mol. The molecule has 1 aromatic carbocycles. The highest BCUT2D eigenvalue weighted by Crippen LogP contribution is 2.09. The van der Waals surface area contributed by atoms with E-state index in [0.717, 1.165) is 12.0 Å². The predicted octanol–water partition coefficient (Wildman–Crippen LogP) is 2.44. The van der Waals surface area contributed by atoms with Gasteiger partial charge in [0.15, 0.2) is 5.78 Å². The first-order valence-electron chi connectivity index (χ1n) is 7.49. The molecule has 1 rings (SSSR count). The highest BCUT2D eigenvalue weighted by atomic mass is 16.4. The van der Waals surface area contributed by atoms with Gasteiger partial charge in [-0.3, -0.25) is 9.59 Å². The highest BCUT2D eigenvalue weighted by molar-refractivity contribution is 5.98. The summed E-state index contributed by atoms with van der Waals surface area (Å²) in [6, 6.07) is 6.38. The summed E-state index contributed by atoms with van der Waals surface area (Å²) < 4.78 is 0. The molecule has 2 N–H and O–H groups in total. The first-order valence-corrected chi connectivity index (χ1v) is 7.49. The Hall–Kier alpha value is -2.17. The third kappa shape index (κ3) is 5.31. The van der Waals surface area contributed by atoms with E-state index in [9.17, 15) is 14.4 Å². The van der Waals surface area contributed by atoms with Gasteiger partial charge in [-0.1, -0.05) is 45.0 Å². The largest absolute Gasteiger partial charge is 0.480 e. The fraction of sp³-hybridized carbons (Fsp3) is 0.471. The third-order valence-electron chi connectivity index (χ3n) is 3.51. The van der Waals surface area contributed by atoms with E-state index in [4.69, 9.17) is 5.11 Å². The number of hydrogen-bond donors (Lipinski definition) is 2. The van der Waals surface area contributed by atoms with E-state index in [2.05, 4.69) is 5.32 Å². The van der Waals surface area contributed by atoms with Crippen molar-refractivity contribution in [2.24, 2.45) is 5.92 Å². The molecule has 1 aromatic rings. The lowest BCUT2D eigenvalue weighted by Gasteiger charge is -2.17. The van der Waals surface area contributed by atoms with Gasteiger partial charge in [-0.2, -0.15) is 0 Å². The van der Waals surface area contributed by atoms with Gasteiger partial charge in [-0.05, 0) is 17.9 Å². The number of carbonyl (C=O) groups excluding carboxylic acids is 2. The van der Waals surface area contributed by atoms with Crippen LogP contribution in [0.5, 0.6) is 0 Å².